The van der Waals surface area contributed by atoms with Crippen molar-refractivity contribution >= 4 is 23.2 Å². The van der Waals surface area contributed by atoms with Crippen LogP contribution < -0.4 is 10.6 Å². The predicted octanol–water partition coefficient (Wildman–Crippen LogP) is 5.88. The quantitative estimate of drug-likeness (QED) is 0.614. The highest BCUT2D eigenvalue weighted by molar-refractivity contribution is 6.33. The fourth-order valence-electron chi connectivity index (χ4n) is 6.11. The average Bonchev–Trinajstić information content (AvgIpc) is 2.57. The summed E-state index contributed by atoms with van der Waals surface area (Å²) in [7, 11) is 0. The number of amides is 1. The molecule has 0 heterocycles. The Bertz CT molecular complexity index is 757. The van der Waals surface area contributed by atoms with Crippen LogP contribution in [0.5, 0.6) is 0 Å². The van der Waals surface area contributed by atoms with Gasteiger partial charge in [0, 0.05) is 5.54 Å². The van der Waals surface area contributed by atoms with Gasteiger partial charge in [-0.1, -0.05) is 25.4 Å². The summed E-state index contributed by atoms with van der Waals surface area (Å²) in [6.45, 7) is 3.85. The van der Waals surface area contributed by atoms with Crippen molar-refractivity contribution in [2.45, 2.75) is 70.1 Å². The second kappa shape index (κ2) is 7.36. The zero-order valence-electron chi connectivity index (χ0n) is 16.8. The second-order valence-electron chi connectivity index (χ2n) is 9.75. The molecule has 29 heavy (non-hydrogen) atoms. The van der Waals surface area contributed by atoms with E-state index in [0.717, 1.165) is 49.1 Å². The Morgan fingerprint density at radius 2 is 1.66 bits per heavy atom. The van der Waals surface area contributed by atoms with Crippen LogP contribution in [0, 0.1) is 23.7 Å². The maximum absolute atomic E-state index is 13.2. The normalized spacial score (nSPS) is 31.8. The maximum Gasteiger partial charge on any atom is 0.416 e. The van der Waals surface area contributed by atoms with Crippen LogP contribution in [0.4, 0.5) is 18.9 Å². The van der Waals surface area contributed by atoms with Crippen LogP contribution in [0.2, 0.25) is 5.02 Å². The van der Waals surface area contributed by atoms with Gasteiger partial charge in [0.05, 0.1) is 16.3 Å². The largest absolute Gasteiger partial charge is 0.416 e. The third-order valence-electron chi connectivity index (χ3n) is 6.98. The molecule has 4 fully saturated rings. The molecule has 1 aromatic rings. The van der Waals surface area contributed by atoms with Gasteiger partial charge in [-0.3, -0.25) is 4.79 Å². The molecule has 0 spiro atoms. The highest BCUT2D eigenvalue weighted by Crippen LogP contribution is 2.55. The molecule has 0 aliphatic heterocycles. The number of rotatable bonds is 5. The smallest absolute Gasteiger partial charge is 0.372 e. The molecule has 5 rings (SSSR count). The highest BCUT2D eigenvalue weighted by atomic mass is 35.5. The third kappa shape index (κ3) is 4.23. The monoisotopic (exact) mass is 428 g/mol. The Morgan fingerprint density at radius 3 is 2.10 bits per heavy atom. The van der Waals surface area contributed by atoms with Gasteiger partial charge in [0.25, 0.3) is 0 Å². The average molecular weight is 429 g/mol. The topological polar surface area (TPSA) is 41.1 Å². The van der Waals surface area contributed by atoms with Gasteiger partial charge >= 0.3 is 6.18 Å². The molecule has 2 N–H and O–H groups in total. The number of carbonyl (C=O) groups is 1. The maximum atomic E-state index is 13.2. The standard InChI is InChI=1S/C22H28ClF3N2O/c1-12(2)19(27-18-4-3-16(8-17(18)23)22(24,25)26)20(29)28-21-9-13-5-14(10-21)7-15(6-13)11-21/h3-4,8,12-15,19,27H,5-7,9-11H2,1-2H3,(H,28,29). The lowest BCUT2D eigenvalue weighted by Crippen LogP contribution is -2.62. The first kappa shape index (κ1) is 20.8. The van der Waals surface area contributed by atoms with Crippen molar-refractivity contribution in [1.29, 1.82) is 0 Å². The van der Waals surface area contributed by atoms with Gasteiger partial charge in [-0.15, -0.1) is 0 Å². The number of hydrogen-bond acceptors (Lipinski definition) is 2. The van der Waals surface area contributed by atoms with Crippen LogP contribution in [0.3, 0.4) is 0 Å². The highest BCUT2D eigenvalue weighted by Gasteiger charge is 2.52. The summed E-state index contributed by atoms with van der Waals surface area (Å²) in [5, 5.41) is 6.42. The molecule has 1 unspecified atom stereocenters. The van der Waals surface area contributed by atoms with Crippen LogP contribution in [0.1, 0.15) is 57.9 Å². The zero-order valence-corrected chi connectivity index (χ0v) is 17.5. The number of nitrogens with one attached hydrogen (secondary N) is 2. The number of hydrogen-bond donors (Lipinski definition) is 2. The zero-order chi connectivity index (χ0) is 21.0. The van der Waals surface area contributed by atoms with Crippen LogP contribution in [0.15, 0.2) is 18.2 Å². The van der Waals surface area contributed by atoms with Crippen LogP contribution >= 0.6 is 11.6 Å². The number of alkyl halides is 3. The molecule has 160 valence electrons. The van der Waals surface area contributed by atoms with E-state index in [1.165, 1.54) is 25.3 Å². The van der Waals surface area contributed by atoms with E-state index in [0.29, 0.717) is 5.69 Å². The molecule has 0 radical (unpaired) electrons. The van der Waals surface area contributed by atoms with E-state index in [9.17, 15) is 18.0 Å². The number of anilines is 1. The van der Waals surface area contributed by atoms with Gasteiger partial charge in [-0.25, -0.2) is 0 Å². The molecular weight excluding hydrogens is 401 g/mol. The van der Waals surface area contributed by atoms with Crippen LogP contribution in [-0.4, -0.2) is 17.5 Å². The molecule has 4 aliphatic rings. The van der Waals surface area contributed by atoms with Gasteiger partial charge in [0.15, 0.2) is 0 Å². The van der Waals surface area contributed by atoms with Crippen molar-refractivity contribution in [3.63, 3.8) is 0 Å². The summed E-state index contributed by atoms with van der Waals surface area (Å²) >= 11 is 6.09. The van der Waals surface area contributed by atoms with Gasteiger partial charge in [-0.05, 0) is 80.4 Å². The molecule has 0 saturated heterocycles. The Labute approximate surface area is 174 Å². The van der Waals surface area contributed by atoms with Gasteiger partial charge in [0.2, 0.25) is 5.91 Å². The molecule has 4 saturated carbocycles. The minimum Gasteiger partial charge on any atom is -0.372 e. The van der Waals surface area contributed by atoms with Crippen molar-refractivity contribution in [2.24, 2.45) is 23.7 Å². The third-order valence-corrected chi connectivity index (χ3v) is 7.30. The Hall–Kier alpha value is -1.43. The number of benzene rings is 1. The lowest BCUT2D eigenvalue weighted by molar-refractivity contribution is -0.137. The number of carbonyl (C=O) groups excluding carboxylic acids is 1. The van der Waals surface area contributed by atoms with Gasteiger partial charge in [-0.2, -0.15) is 13.2 Å². The molecule has 4 aliphatic carbocycles. The van der Waals surface area contributed by atoms with Crippen molar-refractivity contribution in [1.82, 2.24) is 5.32 Å². The fraction of sp³-hybridized carbons (Fsp3) is 0.682. The second-order valence-corrected chi connectivity index (χ2v) is 10.2. The minimum absolute atomic E-state index is 0.0342. The summed E-state index contributed by atoms with van der Waals surface area (Å²) in [5.74, 6) is 2.03. The van der Waals surface area contributed by atoms with Gasteiger partial charge < -0.3 is 10.6 Å². The first-order valence-corrected chi connectivity index (χ1v) is 10.9. The van der Waals surface area contributed by atoms with E-state index in [1.54, 1.807) is 0 Å². The Morgan fingerprint density at radius 1 is 1.10 bits per heavy atom. The van der Waals surface area contributed by atoms with E-state index >= 15 is 0 Å². The molecule has 1 amide bonds. The van der Waals surface area contributed by atoms with Crippen molar-refractivity contribution in [2.75, 3.05) is 5.32 Å². The molecule has 1 atom stereocenters. The van der Waals surface area contributed by atoms with Crippen molar-refractivity contribution in [3.8, 4) is 0 Å². The summed E-state index contributed by atoms with van der Waals surface area (Å²) in [6.07, 6.45) is 2.59. The van der Waals surface area contributed by atoms with Crippen LogP contribution in [0.25, 0.3) is 0 Å². The van der Waals surface area contributed by atoms with E-state index in [4.69, 9.17) is 11.6 Å². The Balaban J connectivity index is 1.49. The molecular formula is C22H28ClF3N2O. The first-order chi connectivity index (χ1) is 13.5. The summed E-state index contributed by atoms with van der Waals surface area (Å²) < 4.78 is 38.7. The predicted molar refractivity (Wildman–Crippen MR) is 108 cm³/mol. The fourth-order valence-corrected chi connectivity index (χ4v) is 6.35. The summed E-state index contributed by atoms with van der Waals surface area (Å²) in [4.78, 5) is 13.2. The first-order valence-electron chi connectivity index (χ1n) is 10.5. The van der Waals surface area contributed by atoms with Crippen molar-refractivity contribution < 1.29 is 18.0 Å². The molecule has 1 aromatic carbocycles. The molecule has 4 bridgehead atoms. The SMILES string of the molecule is CC(C)C(Nc1ccc(C(F)(F)F)cc1Cl)C(=O)NC12CC3CC(CC(C3)C1)C2. The Kier molecular flexibility index (Phi) is 5.29. The van der Waals surface area contributed by atoms with Crippen molar-refractivity contribution in [3.05, 3.63) is 28.8 Å². The summed E-state index contributed by atoms with van der Waals surface area (Å²) in [5.41, 5.74) is -0.559. The number of halogens is 4. The van der Waals surface area contributed by atoms with Gasteiger partial charge in [0.1, 0.15) is 6.04 Å². The molecule has 0 aromatic heterocycles. The van der Waals surface area contributed by atoms with E-state index in [-0.39, 0.29) is 22.4 Å². The van der Waals surface area contributed by atoms with Crippen LogP contribution in [-0.2, 0) is 11.0 Å². The molecule has 7 heteroatoms. The van der Waals surface area contributed by atoms with E-state index < -0.39 is 17.8 Å². The lowest BCUT2D eigenvalue weighted by Gasteiger charge is -2.57. The summed E-state index contributed by atoms with van der Waals surface area (Å²) in [6, 6.07) is 2.64. The lowest BCUT2D eigenvalue weighted by atomic mass is 9.53. The minimum atomic E-state index is -4.45. The van der Waals surface area contributed by atoms with E-state index in [2.05, 4.69) is 10.6 Å². The van der Waals surface area contributed by atoms with E-state index in [1.807, 2.05) is 13.8 Å². The molecule has 3 nitrogen and oxygen atoms in total.